The molecular formula is C13H14F3N3O. The average Bonchev–Trinajstić information content (AvgIpc) is 2.91. The third-order valence-electron chi connectivity index (χ3n) is 2.58. The van der Waals surface area contributed by atoms with Gasteiger partial charge in [-0.2, -0.15) is 18.3 Å². The molecule has 0 spiro atoms. The lowest BCUT2D eigenvalue weighted by Gasteiger charge is -2.10. The molecule has 0 aliphatic carbocycles. The van der Waals surface area contributed by atoms with Gasteiger partial charge in [-0.1, -0.05) is 6.07 Å². The van der Waals surface area contributed by atoms with Crippen LogP contribution in [0.25, 0.3) is 0 Å². The monoisotopic (exact) mass is 285 g/mol. The van der Waals surface area contributed by atoms with E-state index in [1.165, 1.54) is 12.1 Å². The first kappa shape index (κ1) is 14.4. The summed E-state index contributed by atoms with van der Waals surface area (Å²) in [6, 6.07) is 6.68. The van der Waals surface area contributed by atoms with Crippen molar-refractivity contribution in [1.29, 1.82) is 0 Å². The van der Waals surface area contributed by atoms with Crippen LogP contribution in [0.4, 0.5) is 13.2 Å². The minimum absolute atomic E-state index is 0.211. The number of alkyl halides is 3. The van der Waals surface area contributed by atoms with Gasteiger partial charge in [-0.25, -0.2) is 0 Å². The zero-order valence-electron chi connectivity index (χ0n) is 10.6. The highest BCUT2D eigenvalue weighted by atomic mass is 19.4. The van der Waals surface area contributed by atoms with Crippen molar-refractivity contribution in [2.45, 2.75) is 12.7 Å². The highest BCUT2D eigenvalue weighted by Crippen LogP contribution is 2.31. The number of hydrogen-bond acceptors (Lipinski definition) is 3. The second kappa shape index (κ2) is 6.42. The molecule has 0 aliphatic rings. The summed E-state index contributed by atoms with van der Waals surface area (Å²) in [5, 5.41) is 9.67. The number of H-pyrrole nitrogens is 1. The Balaban J connectivity index is 1.74. The zero-order valence-corrected chi connectivity index (χ0v) is 10.6. The second-order valence-corrected chi connectivity index (χ2v) is 4.13. The molecule has 0 aliphatic heterocycles. The van der Waals surface area contributed by atoms with E-state index < -0.39 is 11.7 Å². The number of nitrogens with zero attached hydrogens (tertiary/aromatic N) is 1. The average molecular weight is 285 g/mol. The summed E-state index contributed by atoms with van der Waals surface area (Å²) in [6.45, 7) is 1.41. The van der Waals surface area contributed by atoms with Gasteiger partial charge in [-0.3, -0.25) is 5.10 Å². The van der Waals surface area contributed by atoms with E-state index in [0.29, 0.717) is 13.1 Å². The third kappa shape index (κ3) is 4.27. The summed E-state index contributed by atoms with van der Waals surface area (Å²) in [5.41, 5.74) is 0.226. The first-order valence-corrected chi connectivity index (χ1v) is 6.05. The first-order chi connectivity index (χ1) is 9.55. The van der Waals surface area contributed by atoms with E-state index in [2.05, 4.69) is 15.5 Å². The number of benzene rings is 1. The van der Waals surface area contributed by atoms with Gasteiger partial charge in [0, 0.05) is 25.0 Å². The number of rotatable bonds is 6. The number of aromatic nitrogens is 2. The van der Waals surface area contributed by atoms with Gasteiger partial charge >= 0.3 is 6.18 Å². The minimum atomic E-state index is -4.35. The Morgan fingerprint density at radius 2 is 2.10 bits per heavy atom. The van der Waals surface area contributed by atoms with Gasteiger partial charge in [-0.05, 0) is 24.3 Å². The Hall–Kier alpha value is -2.02. The normalized spacial score (nSPS) is 11.6. The summed E-state index contributed by atoms with van der Waals surface area (Å²) in [6.07, 6.45) is -2.70. The Morgan fingerprint density at radius 3 is 2.80 bits per heavy atom. The molecule has 0 fully saturated rings. The fourth-order valence-corrected chi connectivity index (χ4v) is 1.61. The van der Waals surface area contributed by atoms with Crippen molar-refractivity contribution in [1.82, 2.24) is 15.5 Å². The molecule has 4 nitrogen and oxygen atoms in total. The van der Waals surface area contributed by atoms with E-state index in [-0.39, 0.29) is 12.4 Å². The zero-order chi connectivity index (χ0) is 14.4. The number of aromatic amines is 1. The largest absolute Gasteiger partial charge is 0.492 e. The summed E-state index contributed by atoms with van der Waals surface area (Å²) < 4.78 is 42.7. The maximum absolute atomic E-state index is 12.5. The van der Waals surface area contributed by atoms with E-state index >= 15 is 0 Å². The molecule has 0 atom stereocenters. The van der Waals surface area contributed by atoms with Gasteiger partial charge in [0.25, 0.3) is 0 Å². The molecule has 0 unspecified atom stereocenters. The van der Waals surface area contributed by atoms with Crippen LogP contribution in [-0.2, 0) is 12.7 Å². The summed E-state index contributed by atoms with van der Waals surface area (Å²) >= 11 is 0. The molecule has 0 saturated heterocycles. The number of hydrogen-bond donors (Lipinski definition) is 2. The van der Waals surface area contributed by atoms with Crippen LogP contribution in [0, 0.1) is 0 Å². The number of halogens is 3. The van der Waals surface area contributed by atoms with Gasteiger partial charge in [0.15, 0.2) is 0 Å². The molecule has 108 valence electrons. The number of ether oxygens (including phenoxy) is 1. The van der Waals surface area contributed by atoms with E-state index in [9.17, 15) is 13.2 Å². The summed E-state index contributed by atoms with van der Waals surface area (Å²) in [5.74, 6) is 0.211. The van der Waals surface area contributed by atoms with Gasteiger partial charge in [0.05, 0.1) is 5.56 Å². The highest BCUT2D eigenvalue weighted by Gasteiger charge is 2.30. The quantitative estimate of drug-likeness (QED) is 0.802. The van der Waals surface area contributed by atoms with Crippen LogP contribution < -0.4 is 10.1 Å². The van der Waals surface area contributed by atoms with Crippen LogP contribution >= 0.6 is 0 Å². The molecule has 2 rings (SSSR count). The third-order valence-corrected chi connectivity index (χ3v) is 2.58. The molecule has 0 saturated carbocycles. The fourth-order valence-electron chi connectivity index (χ4n) is 1.61. The van der Waals surface area contributed by atoms with Crippen molar-refractivity contribution in [3.05, 3.63) is 47.8 Å². The van der Waals surface area contributed by atoms with Crippen LogP contribution in [0.3, 0.4) is 0 Å². The Bertz CT molecular complexity index is 526. The molecule has 0 amide bonds. The van der Waals surface area contributed by atoms with Crippen molar-refractivity contribution in [3.8, 4) is 5.75 Å². The Kier molecular flexibility index (Phi) is 4.62. The van der Waals surface area contributed by atoms with Crippen molar-refractivity contribution >= 4 is 0 Å². The van der Waals surface area contributed by atoms with Crippen LogP contribution in [0.5, 0.6) is 5.75 Å². The second-order valence-electron chi connectivity index (χ2n) is 4.13. The van der Waals surface area contributed by atoms with Crippen LogP contribution in [-0.4, -0.2) is 23.3 Å². The standard InChI is InChI=1S/C13H14F3N3O/c14-13(15,16)10-2-1-3-12(8-10)20-7-6-17-9-11-4-5-18-19-11/h1-5,8,17H,6-7,9H2,(H,18,19). The Morgan fingerprint density at radius 1 is 1.25 bits per heavy atom. The first-order valence-electron chi connectivity index (χ1n) is 6.05. The predicted molar refractivity (Wildman–Crippen MR) is 67.2 cm³/mol. The molecule has 0 radical (unpaired) electrons. The SMILES string of the molecule is FC(F)(F)c1cccc(OCCNCc2ccn[nH]2)c1. The highest BCUT2D eigenvalue weighted by molar-refractivity contribution is 5.30. The predicted octanol–water partition coefficient (Wildman–Crippen LogP) is 2.60. The smallest absolute Gasteiger partial charge is 0.416 e. The molecular weight excluding hydrogens is 271 g/mol. The van der Waals surface area contributed by atoms with Crippen LogP contribution in [0.15, 0.2) is 36.5 Å². The maximum atomic E-state index is 12.5. The van der Waals surface area contributed by atoms with Crippen molar-refractivity contribution in [2.24, 2.45) is 0 Å². The lowest BCUT2D eigenvalue weighted by atomic mass is 10.2. The van der Waals surface area contributed by atoms with Gasteiger partial charge < -0.3 is 10.1 Å². The summed E-state index contributed by atoms with van der Waals surface area (Å²) in [4.78, 5) is 0. The Labute approximate surface area is 114 Å². The van der Waals surface area contributed by atoms with Crippen molar-refractivity contribution in [2.75, 3.05) is 13.2 Å². The van der Waals surface area contributed by atoms with E-state index in [0.717, 1.165) is 17.8 Å². The molecule has 7 heteroatoms. The molecule has 20 heavy (non-hydrogen) atoms. The van der Waals surface area contributed by atoms with Gasteiger partial charge in [0.2, 0.25) is 0 Å². The van der Waals surface area contributed by atoms with Gasteiger partial charge in [0.1, 0.15) is 12.4 Å². The maximum Gasteiger partial charge on any atom is 0.416 e. The van der Waals surface area contributed by atoms with Gasteiger partial charge in [-0.15, -0.1) is 0 Å². The van der Waals surface area contributed by atoms with Crippen LogP contribution in [0.1, 0.15) is 11.3 Å². The van der Waals surface area contributed by atoms with Crippen molar-refractivity contribution < 1.29 is 17.9 Å². The summed E-state index contributed by atoms with van der Waals surface area (Å²) in [7, 11) is 0. The lowest BCUT2D eigenvalue weighted by Crippen LogP contribution is -2.20. The molecule has 0 bridgehead atoms. The van der Waals surface area contributed by atoms with E-state index in [1.54, 1.807) is 6.20 Å². The van der Waals surface area contributed by atoms with E-state index in [1.807, 2.05) is 6.07 Å². The molecule has 1 aromatic heterocycles. The molecule has 2 N–H and O–H groups in total. The minimum Gasteiger partial charge on any atom is -0.492 e. The van der Waals surface area contributed by atoms with Crippen molar-refractivity contribution in [3.63, 3.8) is 0 Å². The molecule has 1 heterocycles. The topological polar surface area (TPSA) is 49.9 Å². The van der Waals surface area contributed by atoms with E-state index in [4.69, 9.17) is 4.74 Å². The molecule has 2 aromatic rings. The van der Waals surface area contributed by atoms with Crippen LogP contribution in [0.2, 0.25) is 0 Å². The lowest BCUT2D eigenvalue weighted by molar-refractivity contribution is -0.137. The number of nitrogens with one attached hydrogen (secondary N) is 2. The fraction of sp³-hybridized carbons (Fsp3) is 0.308. The molecule has 1 aromatic carbocycles.